The van der Waals surface area contributed by atoms with E-state index >= 15 is 0 Å². The summed E-state index contributed by atoms with van der Waals surface area (Å²) in [6.45, 7) is 4.08. The Hall–Kier alpha value is -1.83. The molecule has 0 aliphatic heterocycles. The Morgan fingerprint density at radius 2 is 1.88 bits per heavy atom. The van der Waals surface area contributed by atoms with Crippen molar-refractivity contribution in [3.05, 3.63) is 48.0 Å². The lowest BCUT2D eigenvalue weighted by Gasteiger charge is -2.12. The quantitative estimate of drug-likeness (QED) is 0.855. The molecule has 0 aromatic heterocycles. The van der Waals surface area contributed by atoms with E-state index < -0.39 is 0 Å². The Balaban J connectivity index is 2.38. The van der Waals surface area contributed by atoms with Crippen LogP contribution in [0.2, 0.25) is 0 Å². The number of carbonyl (C=O) groups excluding carboxylic acids is 1. The summed E-state index contributed by atoms with van der Waals surface area (Å²) in [5.41, 5.74) is 0.753. The minimum absolute atomic E-state index is 0.0103. The van der Waals surface area contributed by atoms with Crippen molar-refractivity contribution in [2.24, 2.45) is 0 Å². The number of benzene rings is 2. The second kappa shape index (κ2) is 5.00. The molecule has 2 aromatic carbocycles. The maximum atomic E-state index is 12.1. The lowest BCUT2D eigenvalue weighted by atomic mass is 10.0. The van der Waals surface area contributed by atoms with Gasteiger partial charge in [-0.2, -0.15) is 0 Å². The first-order valence-electron chi connectivity index (χ1n) is 6.01. The summed E-state index contributed by atoms with van der Waals surface area (Å²) in [6, 6.07) is 14.0. The fourth-order valence-electron chi connectivity index (χ4n) is 1.83. The molecule has 88 valence electrons. The van der Waals surface area contributed by atoms with Gasteiger partial charge in [0.15, 0.2) is 0 Å². The lowest BCUT2D eigenvalue weighted by Crippen LogP contribution is -2.31. The molecule has 1 unspecified atom stereocenters. The number of carbonyl (C=O) groups is 1. The minimum atomic E-state index is 0.0103. The van der Waals surface area contributed by atoms with E-state index in [2.05, 4.69) is 12.2 Å². The van der Waals surface area contributed by atoms with Crippen molar-refractivity contribution in [2.45, 2.75) is 26.3 Å². The van der Waals surface area contributed by atoms with Gasteiger partial charge in [-0.25, -0.2) is 0 Å². The Morgan fingerprint density at radius 1 is 1.18 bits per heavy atom. The smallest absolute Gasteiger partial charge is 0.252 e. The minimum Gasteiger partial charge on any atom is -0.350 e. The van der Waals surface area contributed by atoms with E-state index in [1.165, 1.54) is 0 Å². The molecule has 1 amide bonds. The van der Waals surface area contributed by atoms with Crippen LogP contribution >= 0.6 is 0 Å². The molecule has 0 radical (unpaired) electrons. The highest BCUT2D eigenvalue weighted by Crippen LogP contribution is 2.18. The molecular formula is C15H17NO. The van der Waals surface area contributed by atoms with Gasteiger partial charge >= 0.3 is 0 Å². The average Bonchev–Trinajstić information content (AvgIpc) is 2.37. The van der Waals surface area contributed by atoms with Crippen LogP contribution in [0.3, 0.4) is 0 Å². The number of hydrogen-bond donors (Lipinski definition) is 1. The van der Waals surface area contributed by atoms with Crippen LogP contribution in [-0.4, -0.2) is 11.9 Å². The van der Waals surface area contributed by atoms with Gasteiger partial charge in [0.2, 0.25) is 0 Å². The SMILES string of the molecule is CCC(C)NC(=O)c1cccc2ccccc12. The molecule has 1 N–H and O–H groups in total. The summed E-state index contributed by atoms with van der Waals surface area (Å²) < 4.78 is 0. The van der Waals surface area contributed by atoms with Crippen molar-refractivity contribution in [1.29, 1.82) is 0 Å². The summed E-state index contributed by atoms with van der Waals surface area (Å²) in [5.74, 6) is 0.0103. The van der Waals surface area contributed by atoms with Gasteiger partial charge < -0.3 is 5.32 Å². The molecule has 0 aliphatic carbocycles. The molecule has 0 spiro atoms. The predicted octanol–water partition coefficient (Wildman–Crippen LogP) is 3.37. The van der Waals surface area contributed by atoms with Crippen molar-refractivity contribution in [2.75, 3.05) is 0 Å². The number of rotatable bonds is 3. The van der Waals surface area contributed by atoms with Gasteiger partial charge in [0.05, 0.1) is 0 Å². The molecule has 17 heavy (non-hydrogen) atoms. The van der Waals surface area contributed by atoms with Crippen LogP contribution in [0.5, 0.6) is 0 Å². The predicted molar refractivity (Wildman–Crippen MR) is 71.2 cm³/mol. The van der Waals surface area contributed by atoms with Crippen molar-refractivity contribution >= 4 is 16.7 Å². The molecule has 0 aliphatic rings. The standard InChI is InChI=1S/C15H17NO/c1-3-11(2)16-15(17)14-10-6-8-12-7-4-5-9-13(12)14/h4-11H,3H2,1-2H3,(H,16,17). The molecule has 2 nitrogen and oxygen atoms in total. The van der Waals surface area contributed by atoms with Gasteiger partial charge in [0, 0.05) is 11.6 Å². The zero-order valence-electron chi connectivity index (χ0n) is 10.2. The zero-order valence-corrected chi connectivity index (χ0v) is 10.2. The van der Waals surface area contributed by atoms with E-state index in [-0.39, 0.29) is 11.9 Å². The second-order valence-electron chi connectivity index (χ2n) is 4.31. The third-order valence-corrected chi connectivity index (χ3v) is 3.02. The molecule has 1 atom stereocenters. The molecule has 0 saturated carbocycles. The van der Waals surface area contributed by atoms with Crippen LogP contribution in [0.15, 0.2) is 42.5 Å². The van der Waals surface area contributed by atoms with Gasteiger partial charge in [-0.1, -0.05) is 43.3 Å². The monoisotopic (exact) mass is 227 g/mol. The third kappa shape index (κ3) is 2.47. The zero-order chi connectivity index (χ0) is 12.3. The molecule has 0 saturated heterocycles. The number of amides is 1. The highest BCUT2D eigenvalue weighted by molar-refractivity contribution is 6.07. The second-order valence-corrected chi connectivity index (χ2v) is 4.31. The molecule has 0 heterocycles. The van der Waals surface area contributed by atoms with Crippen molar-refractivity contribution in [1.82, 2.24) is 5.32 Å². The number of hydrogen-bond acceptors (Lipinski definition) is 1. The Bertz CT molecular complexity index is 528. The Morgan fingerprint density at radius 3 is 2.65 bits per heavy atom. The van der Waals surface area contributed by atoms with Crippen LogP contribution in [0.4, 0.5) is 0 Å². The van der Waals surface area contributed by atoms with Crippen molar-refractivity contribution in [3.8, 4) is 0 Å². The molecule has 2 heteroatoms. The third-order valence-electron chi connectivity index (χ3n) is 3.02. The van der Waals surface area contributed by atoms with Gasteiger partial charge in [-0.05, 0) is 30.2 Å². The largest absolute Gasteiger partial charge is 0.350 e. The highest BCUT2D eigenvalue weighted by Gasteiger charge is 2.10. The fraction of sp³-hybridized carbons (Fsp3) is 0.267. The van der Waals surface area contributed by atoms with Gasteiger partial charge in [0.1, 0.15) is 0 Å². The summed E-state index contributed by atoms with van der Waals surface area (Å²) in [7, 11) is 0. The van der Waals surface area contributed by atoms with Crippen LogP contribution < -0.4 is 5.32 Å². The van der Waals surface area contributed by atoms with E-state index in [1.54, 1.807) is 0 Å². The average molecular weight is 227 g/mol. The van der Waals surface area contributed by atoms with Crippen LogP contribution in [0.25, 0.3) is 10.8 Å². The highest BCUT2D eigenvalue weighted by atomic mass is 16.1. The summed E-state index contributed by atoms with van der Waals surface area (Å²) >= 11 is 0. The number of nitrogens with one attached hydrogen (secondary N) is 1. The molecule has 2 aromatic rings. The van der Waals surface area contributed by atoms with E-state index in [0.29, 0.717) is 0 Å². The fourth-order valence-corrected chi connectivity index (χ4v) is 1.83. The maximum absolute atomic E-state index is 12.1. The normalized spacial score (nSPS) is 12.4. The van der Waals surface area contributed by atoms with Crippen LogP contribution in [0, 0.1) is 0 Å². The first-order valence-corrected chi connectivity index (χ1v) is 6.01. The Labute approximate surface area is 102 Å². The van der Waals surface area contributed by atoms with Crippen LogP contribution in [-0.2, 0) is 0 Å². The summed E-state index contributed by atoms with van der Waals surface area (Å²) in [4.78, 5) is 12.1. The Kier molecular flexibility index (Phi) is 3.43. The molecular weight excluding hydrogens is 210 g/mol. The number of fused-ring (bicyclic) bond motifs is 1. The summed E-state index contributed by atoms with van der Waals surface area (Å²) in [6.07, 6.45) is 0.941. The first-order chi connectivity index (χ1) is 8.22. The van der Waals surface area contributed by atoms with E-state index in [0.717, 1.165) is 22.8 Å². The van der Waals surface area contributed by atoms with Crippen LogP contribution in [0.1, 0.15) is 30.6 Å². The van der Waals surface area contributed by atoms with Crippen molar-refractivity contribution in [3.63, 3.8) is 0 Å². The van der Waals surface area contributed by atoms with Crippen molar-refractivity contribution < 1.29 is 4.79 Å². The summed E-state index contributed by atoms with van der Waals surface area (Å²) in [5, 5.41) is 5.11. The van der Waals surface area contributed by atoms with E-state index in [4.69, 9.17) is 0 Å². The first kappa shape index (κ1) is 11.6. The lowest BCUT2D eigenvalue weighted by molar-refractivity contribution is 0.0941. The van der Waals surface area contributed by atoms with E-state index in [1.807, 2.05) is 49.4 Å². The van der Waals surface area contributed by atoms with Gasteiger partial charge in [-0.3, -0.25) is 4.79 Å². The van der Waals surface area contributed by atoms with E-state index in [9.17, 15) is 4.79 Å². The molecule has 0 fully saturated rings. The maximum Gasteiger partial charge on any atom is 0.252 e. The topological polar surface area (TPSA) is 29.1 Å². The van der Waals surface area contributed by atoms with Gasteiger partial charge in [-0.15, -0.1) is 0 Å². The molecule has 2 rings (SSSR count). The van der Waals surface area contributed by atoms with Gasteiger partial charge in [0.25, 0.3) is 5.91 Å². The molecule has 0 bridgehead atoms.